The molecule has 0 aliphatic heterocycles. The first kappa shape index (κ1) is 17.3. The fourth-order valence-corrected chi connectivity index (χ4v) is 2.76. The molecule has 0 radical (unpaired) electrons. The molecule has 2 rings (SSSR count). The summed E-state index contributed by atoms with van der Waals surface area (Å²) in [6.45, 7) is 12.7. The third kappa shape index (κ3) is 3.82. The van der Waals surface area contributed by atoms with Gasteiger partial charge in [0.1, 0.15) is 0 Å². The molecule has 0 spiro atoms. The van der Waals surface area contributed by atoms with E-state index in [1.807, 2.05) is 25.1 Å². The average molecular weight is 309 g/mol. The van der Waals surface area contributed by atoms with Crippen LogP contribution in [0, 0.1) is 13.8 Å². The van der Waals surface area contributed by atoms with E-state index < -0.39 is 0 Å². The summed E-state index contributed by atoms with van der Waals surface area (Å²) in [5, 5.41) is 3.17. The van der Waals surface area contributed by atoms with Crippen LogP contribution in [0.25, 0.3) is 0 Å². The molecule has 2 nitrogen and oxygen atoms in total. The maximum Gasteiger partial charge on any atom is 0.255 e. The van der Waals surface area contributed by atoms with Gasteiger partial charge in [-0.1, -0.05) is 52.0 Å². The molecule has 122 valence electrons. The molecule has 0 aliphatic rings. The number of rotatable bonds is 4. The van der Waals surface area contributed by atoms with Gasteiger partial charge in [-0.25, -0.2) is 0 Å². The molecule has 0 fully saturated rings. The molecule has 0 saturated carbocycles. The number of benzene rings is 2. The summed E-state index contributed by atoms with van der Waals surface area (Å²) in [6, 6.07) is 12.1. The normalized spacial score (nSPS) is 11.1. The van der Waals surface area contributed by atoms with E-state index in [2.05, 4.69) is 58.1 Å². The Kier molecular flexibility index (Phi) is 5.25. The molecule has 2 aromatic rings. The molecule has 0 heterocycles. The van der Waals surface area contributed by atoms with Crippen LogP contribution in [-0.4, -0.2) is 5.91 Å². The predicted molar refractivity (Wildman–Crippen MR) is 98.5 cm³/mol. The van der Waals surface area contributed by atoms with E-state index in [-0.39, 0.29) is 5.91 Å². The van der Waals surface area contributed by atoms with Crippen LogP contribution < -0.4 is 5.32 Å². The van der Waals surface area contributed by atoms with Gasteiger partial charge in [0.2, 0.25) is 0 Å². The van der Waals surface area contributed by atoms with Crippen molar-refractivity contribution in [1.29, 1.82) is 0 Å². The summed E-state index contributed by atoms with van der Waals surface area (Å²) >= 11 is 0. The number of amides is 1. The largest absolute Gasteiger partial charge is 0.321 e. The highest BCUT2D eigenvalue weighted by molar-refractivity contribution is 6.05. The molecule has 0 bridgehead atoms. The van der Waals surface area contributed by atoms with Crippen molar-refractivity contribution in [3.63, 3.8) is 0 Å². The number of carbonyl (C=O) groups is 1. The molecule has 0 saturated heterocycles. The minimum absolute atomic E-state index is 0.0388. The maximum absolute atomic E-state index is 12.7. The van der Waals surface area contributed by atoms with E-state index >= 15 is 0 Å². The second-order valence-corrected chi connectivity index (χ2v) is 6.87. The van der Waals surface area contributed by atoms with Gasteiger partial charge in [0, 0.05) is 11.3 Å². The lowest BCUT2D eigenvalue weighted by molar-refractivity contribution is 0.102. The van der Waals surface area contributed by atoms with Crippen molar-refractivity contribution >= 4 is 11.6 Å². The van der Waals surface area contributed by atoms with Crippen molar-refractivity contribution < 1.29 is 4.79 Å². The zero-order valence-corrected chi connectivity index (χ0v) is 15.0. The number of para-hydroxylation sites is 1. The molecule has 2 heteroatoms. The zero-order chi connectivity index (χ0) is 17.1. The molecule has 0 atom stereocenters. The van der Waals surface area contributed by atoms with Gasteiger partial charge in [0.25, 0.3) is 5.91 Å². The van der Waals surface area contributed by atoms with E-state index in [1.54, 1.807) is 0 Å². The number of carbonyl (C=O) groups excluding carboxylic acids is 1. The van der Waals surface area contributed by atoms with E-state index in [0.717, 1.165) is 11.3 Å². The van der Waals surface area contributed by atoms with E-state index in [0.29, 0.717) is 17.4 Å². The molecule has 2 aromatic carbocycles. The van der Waals surface area contributed by atoms with Crippen molar-refractivity contribution in [2.75, 3.05) is 5.32 Å². The van der Waals surface area contributed by atoms with Crippen LogP contribution in [0.1, 0.15) is 72.1 Å². The molecule has 0 aliphatic carbocycles. The maximum atomic E-state index is 12.7. The molecule has 1 N–H and O–H groups in total. The van der Waals surface area contributed by atoms with Crippen LogP contribution in [-0.2, 0) is 0 Å². The Labute approximate surface area is 139 Å². The molecule has 23 heavy (non-hydrogen) atoms. The monoisotopic (exact) mass is 309 g/mol. The summed E-state index contributed by atoms with van der Waals surface area (Å²) in [6.07, 6.45) is 0. The lowest BCUT2D eigenvalue weighted by Crippen LogP contribution is -2.16. The predicted octanol–water partition coefficient (Wildman–Crippen LogP) is 5.80. The number of hydrogen-bond donors (Lipinski definition) is 1. The Morgan fingerprint density at radius 3 is 1.91 bits per heavy atom. The van der Waals surface area contributed by atoms with Crippen LogP contribution in [0.2, 0.25) is 0 Å². The topological polar surface area (TPSA) is 29.1 Å². The van der Waals surface area contributed by atoms with Crippen LogP contribution in [0.4, 0.5) is 5.69 Å². The van der Waals surface area contributed by atoms with Gasteiger partial charge < -0.3 is 5.32 Å². The van der Waals surface area contributed by atoms with E-state index in [9.17, 15) is 4.79 Å². The van der Waals surface area contributed by atoms with Crippen molar-refractivity contribution in [1.82, 2.24) is 0 Å². The number of hydrogen-bond acceptors (Lipinski definition) is 1. The van der Waals surface area contributed by atoms with Crippen molar-refractivity contribution in [3.8, 4) is 0 Å². The fraction of sp³-hybridized carbons (Fsp3) is 0.381. The Morgan fingerprint density at radius 2 is 1.43 bits per heavy atom. The summed E-state index contributed by atoms with van der Waals surface area (Å²) in [4.78, 5) is 12.7. The number of anilines is 1. The van der Waals surface area contributed by atoms with Crippen LogP contribution in [0.3, 0.4) is 0 Å². The Bertz CT molecular complexity index is 688. The third-order valence-corrected chi connectivity index (χ3v) is 4.38. The Hall–Kier alpha value is -2.09. The Balaban J connectivity index is 2.41. The summed E-state index contributed by atoms with van der Waals surface area (Å²) in [5.74, 6) is 0.690. The van der Waals surface area contributed by atoms with Crippen LogP contribution in [0.5, 0.6) is 0 Å². The van der Waals surface area contributed by atoms with Crippen molar-refractivity contribution in [2.45, 2.75) is 53.4 Å². The van der Waals surface area contributed by atoms with Crippen molar-refractivity contribution in [2.24, 2.45) is 0 Å². The molecule has 0 aromatic heterocycles. The highest BCUT2D eigenvalue weighted by atomic mass is 16.1. The van der Waals surface area contributed by atoms with Gasteiger partial charge in [-0.2, -0.15) is 0 Å². The smallest absolute Gasteiger partial charge is 0.255 e. The standard InChI is InChI=1S/C21H27NO/c1-13(2)18-8-7-9-19(14(3)4)20(18)22-21(23)17-11-10-15(5)16(6)12-17/h7-14H,1-6H3,(H,22,23). The average Bonchev–Trinajstić information content (AvgIpc) is 2.49. The molecule has 1 amide bonds. The Morgan fingerprint density at radius 1 is 0.870 bits per heavy atom. The first-order valence-electron chi connectivity index (χ1n) is 8.32. The van der Waals surface area contributed by atoms with Gasteiger partial charge >= 0.3 is 0 Å². The van der Waals surface area contributed by atoms with Gasteiger partial charge in [-0.15, -0.1) is 0 Å². The SMILES string of the molecule is Cc1ccc(C(=O)Nc2c(C(C)C)cccc2C(C)C)cc1C. The quantitative estimate of drug-likeness (QED) is 0.759. The molecular weight excluding hydrogens is 282 g/mol. The first-order valence-corrected chi connectivity index (χ1v) is 8.32. The summed E-state index contributed by atoms with van der Waals surface area (Å²) < 4.78 is 0. The van der Waals surface area contributed by atoms with E-state index in [4.69, 9.17) is 0 Å². The van der Waals surface area contributed by atoms with Gasteiger partial charge in [-0.05, 0) is 60.1 Å². The summed E-state index contributed by atoms with van der Waals surface area (Å²) in [7, 11) is 0. The highest BCUT2D eigenvalue weighted by Crippen LogP contribution is 2.32. The molecule has 0 unspecified atom stereocenters. The second-order valence-electron chi connectivity index (χ2n) is 6.87. The van der Waals surface area contributed by atoms with Crippen LogP contribution in [0.15, 0.2) is 36.4 Å². The van der Waals surface area contributed by atoms with Gasteiger partial charge in [-0.3, -0.25) is 4.79 Å². The lowest BCUT2D eigenvalue weighted by atomic mass is 9.92. The highest BCUT2D eigenvalue weighted by Gasteiger charge is 2.16. The zero-order valence-electron chi connectivity index (χ0n) is 15.0. The fourth-order valence-electron chi connectivity index (χ4n) is 2.76. The number of nitrogens with one attached hydrogen (secondary N) is 1. The molecular formula is C21H27NO. The van der Waals surface area contributed by atoms with E-state index in [1.165, 1.54) is 16.7 Å². The second kappa shape index (κ2) is 6.99. The third-order valence-electron chi connectivity index (χ3n) is 4.38. The number of aryl methyl sites for hydroxylation is 2. The van der Waals surface area contributed by atoms with Gasteiger partial charge in [0.05, 0.1) is 0 Å². The minimum Gasteiger partial charge on any atom is -0.321 e. The van der Waals surface area contributed by atoms with Gasteiger partial charge in [0.15, 0.2) is 0 Å². The van der Waals surface area contributed by atoms with Crippen LogP contribution >= 0.6 is 0 Å². The van der Waals surface area contributed by atoms with Crippen molar-refractivity contribution in [3.05, 3.63) is 64.2 Å². The summed E-state index contributed by atoms with van der Waals surface area (Å²) in [5.41, 5.74) is 6.40. The lowest BCUT2D eigenvalue weighted by Gasteiger charge is -2.20. The minimum atomic E-state index is -0.0388. The first-order chi connectivity index (χ1) is 10.8.